The summed E-state index contributed by atoms with van der Waals surface area (Å²) >= 11 is 7.07. The van der Waals surface area contributed by atoms with Gasteiger partial charge in [-0.3, -0.25) is 9.69 Å². The molecule has 1 fully saturated rings. The lowest BCUT2D eigenvalue weighted by molar-refractivity contribution is -0.116. The zero-order chi connectivity index (χ0) is 21.5. The molecule has 0 spiro atoms. The minimum atomic E-state index is -3.33. The molecule has 3 aromatic rings. The Morgan fingerprint density at radius 2 is 1.93 bits per heavy atom. The van der Waals surface area contributed by atoms with Gasteiger partial charge in [-0.05, 0) is 42.5 Å². The largest absolute Gasteiger partial charge is 0.325 e. The summed E-state index contributed by atoms with van der Waals surface area (Å²) in [6.45, 7) is 0.795. The number of thiazole rings is 1. The number of benzene rings is 2. The third-order valence-electron chi connectivity index (χ3n) is 4.60. The Morgan fingerprint density at radius 3 is 2.63 bits per heavy atom. The normalized spacial score (nSPS) is 14.5. The van der Waals surface area contributed by atoms with Gasteiger partial charge in [-0.2, -0.15) is 0 Å². The average molecular weight is 465 g/mol. The Bertz CT molecular complexity index is 1240. The van der Waals surface area contributed by atoms with Crippen LogP contribution in [0.1, 0.15) is 0 Å². The molecule has 0 unspecified atom stereocenters. The topological polar surface area (TPSA) is 99.7 Å². The molecule has 1 N–H and O–H groups in total. The number of hydrogen-bond donors (Lipinski definition) is 1. The van der Waals surface area contributed by atoms with Crippen molar-refractivity contribution in [2.75, 3.05) is 36.1 Å². The van der Waals surface area contributed by atoms with Crippen LogP contribution in [0.2, 0.25) is 5.02 Å². The van der Waals surface area contributed by atoms with E-state index in [9.17, 15) is 18.0 Å². The summed E-state index contributed by atoms with van der Waals surface area (Å²) in [5.41, 5.74) is 1.31. The monoisotopic (exact) mass is 464 g/mol. The standard InChI is InChI=1S/C19H17ClN4O4S2/c1-30(27,28)14-6-7-15-16(10-14)29-18(21-15)22-17(25)11-23-8-9-24(19(23)26)13-4-2-12(20)3-5-13/h2-7,10H,8-9,11H2,1H3,(H,21,22,25). The summed E-state index contributed by atoms with van der Waals surface area (Å²) in [4.78, 5) is 32.6. The van der Waals surface area contributed by atoms with E-state index in [2.05, 4.69) is 10.3 Å². The summed E-state index contributed by atoms with van der Waals surface area (Å²) in [5, 5.41) is 3.62. The number of rotatable bonds is 5. The first-order valence-electron chi connectivity index (χ1n) is 8.93. The maximum atomic E-state index is 12.6. The van der Waals surface area contributed by atoms with Crippen molar-refractivity contribution in [2.24, 2.45) is 0 Å². The maximum Gasteiger partial charge on any atom is 0.325 e. The Labute approximate surface area is 182 Å². The smallest absolute Gasteiger partial charge is 0.313 e. The number of nitrogens with one attached hydrogen (secondary N) is 1. The number of urea groups is 1. The molecule has 156 valence electrons. The molecule has 3 amide bonds. The van der Waals surface area contributed by atoms with Gasteiger partial charge in [0.25, 0.3) is 0 Å². The summed E-state index contributed by atoms with van der Waals surface area (Å²) < 4.78 is 24.0. The lowest BCUT2D eigenvalue weighted by atomic mass is 10.3. The van der Waals surface area contributed by atoms with Crippen LogP contribution in [0.5, 0.6) is 0 Å². The molecule has 1 aromatic heterocycles. The van der Waals surface area contributed by atoms with E-state index >= 15 is 0 Å². The molecule has 1 aliphatic rings. The molecule has 0 aliphatic carbocycles. The Morgan fingerprint density at radius 1 is 1.20 bits per heavy atom. The molecule has 0 radical (unpaired) electrons. The van der Waals surface area contributed by atoms with Gasteiger partial charge in [0.1, 0.15) is 6.54 Å². The Balaban J connectivity index is 1.42. The molecule has 2 heterocycles. The van der Waals surface area contributed by atoms with Gasteiger partial charge in [-0.1, -0.05) is 22.9 Å². The highest BCUT2D eigenvalue weighted by Gasteiger charge is 2.31. The van der Waals surface area contributed by atoms with Crippen LogP contribution in [0.25, 0.3) is 10.2 Å². The number of halogens is 1. The zero-order valence-corrected chi connectivity index (χ0v) is 18.2. The second-order valence-corrected chi connectivity index (χ2v) is 10.3. The number of anilines is 2. The van der Waals surface area contributed by atoms with Gasteiger partial charge >= 0.3 is 6.03 Å². The number of carbonyl (C=O) groups excluding carboxylic acids is 2. The number of carbonyl (C=O) groups is 2. The van der Waals surface area contributed by atoms with E-state index in [1.54, 1.807) is 35.2 Å². The van der Waals surface area contributed by atoms with Gasteiger partial charge in [0, 0.05) is 30.1 Å². The van der Waals surface area contributed by atoms with E-state index in [0.29, 0.717) is 33.5 Å². The summed E-state index contributed by atoms with van der Waals surface area (Å²) in [5.74, 6) is -0.372. The van der Waals surface area contributed by atoms with E-state index in [-0.39, 0.29) is 23.4 Å². The van der Waals surface area contributed by atoms with Crippen molar-refractivity contribution in [2.45, 2.75) is 4.90 Å². The molecule has 0 bridgehead atoms. The molecule has 8 nitrogen and oxygen atoms in total. The first kappa shape index (κ1) is 20.6. The van der Waals surface area contributed by atoms with E-state index < -0.39 is 9.84 Å². The second-order valence-electron chi connectivity index (χ2n) is 6.80. The predicted octanol–water partition coefficient (Wildman–Crippen LogP) is 3.23. The molecule has 0 saturated carbocycles. The quantitative estimate of drug-likeness (QED) is 0.624. The minimum absolute atomic E-state index is 0.104. The van der Waals surface area contributed by atoms with Crippen LogP contribution < -0.4 is 10.2 Å². The number of hydrogen-bond acceptors (Lipinski definition) is 6. The van der Waals surface area contributed by atoms with Crippen molar-refractivity contribution >= 4 is 65.7 Å². The van der Waals surface area contributed by atoms with E-state index in [4.69, 9.17) is 11.6 Å². The fraction of sp³-hybridized carbons (Fsp3) is 0.211. The van der Waals surface area contributed by atoms with Crippen LogP contribution in [0, 0.1) is 0 Å². The predicted molar refractivity (Wildman–Crippen MR) is 117 cm³/mol. The number of aromatic nitrogens is 1. The number of nitrogens with zero attached hydrogens (tertiary/aromatic N) is 3. The third-order valence-corrected chi connectivity index (χ3v) is 6.90. The van der Waals surface area contributed by atoms with Crippen molar-refractivity contribution in [3.05, 3.63) is 47.5 Å². The summed E-state index contributed by atoms with van der Waals surface area (Å²) in [6, 6.07) is 11.3. The number of amides is 3. The second kappa shape index (κ2) is 7.86. The van der Waals surface area contributed by atoms with Gasteiger partial charge in [-0.25, -0.2) is 18.2 Å². The highest BCUT2D eigenvalue weighted by Crippen LogP contribution is 2.28. The molecule has 0 atom stereocenters. The van der Waals surface area contributed by atoms with Crippen molar-refractivity contribution in [3.8, 4) is 0 Å². The van der Waals surface area contributed by atoms with Gasteiger partial charge in [-0.15, -0.1) is 0 Å². The minimum Gasteiger partial charge on any atom is -0.313 e. The first-order chi connectivity index (χ1) is 14.2. The molecular weight excluding hydrogens is 448 g/mol. The van der Waals surface area contributed by atoms with E-state index in [0.717, 1.165) is 11.9 Å². The molecule has 4 rings (SSSR count). The van der Waals surface area contributed by atoms with E-state index in [1.165, 1.54) is 28.4 Å². The Kier molecular flexibility index (Phi) is 5.39. The van der Waals surface area contributed by atoms with Crippen LogP contribution in [-0.4, -0.2) is 56.1 Å². The highest BCUT2D eigenvalue weighted by molar-refractivity contribution is 7.90. The molecule has 11 heteroatoms. The van der Waals surface area contributed by atoms with Crippen LogP contribution in [-0.2, 0) is 14.6 Å². The van der Waals surface area contributed by atoms with Crippen molar-refractivity contribution < 1.29 is 18.0 Å². The highest BCUT2D eigenvalue weighted by atomic mass is 35.5. The maximum absolute atomic E-state index is 12.6. The zero-order valence-electron chi connectivity index (χ0n) is 15.8. The van der Waals surface area contributed by atoms with Gasteiger partial charge in [0.15, 0.2) is 15.0 Å². The SMILES string of the molecule is CS(=O)(=O)c1ccc2nc(NC(=O)CN3CCN(c4ccc(Cl)cc4)C3=O)sc2c1. The molecule has 1 aliphatic heterocycles. The van der Waals surface area contributed by atoms with Crippen LogP contribution in [0.15, 0.2) is 47.4 Å². The van der Waals surface area contributed by atoms with Gasteiger partial charge in [0.2, 0.25) is 5.91 Å². The van der Waals surface area contributed by atoms with Gasteiger partial charge in [0.05, 0.1) is 15.1 Å². The van der Waals surface area contributed by atoms with Crippen LogP contribution in [0.4, 0.5) is 15.6 Å². The number of sulfone groups is 1. The van der Waals surface area contributed by atoms with Gasteiger partial charge < -0.3 is 10.2 Å². The lowest BCUT2D eigenvalue weighted by Crippen LogP contribution is -2.37. The summed E-state index contributed by atoms with van der Waals surface area (Å²) in [7, 11) is -3.33. The first-order valence-corrected chi connectivity index (χ1v) is 12.0. The fourth-order valence-electron chi connectivity index (χ4n) is 3.11. The average Bonchev–Trinajstić information content (AvgIpc) is 3.24. The van der Waals surface area contributed by atoms with Crippen LogP contribution >= 0.6 is 22.9 Å². The van der Waals surface area contributed by atoms with Crippen molar-refractivity contribution in [1.29, 1.82) is 0 Å². The fourth-order valence-corrected chi connectivity index (χ4v) is 4.88. The lowest BCUT2D eigenvalue weighted by Gasteiger charge is -2.18. The van der Waals surface area contributed by atoms with Crippen molar-refractivity contribution in [3.63, 3.8) is 0 Å². The van der Waals surface area contributed by atoms with E-state index in [1.807, 2.05) is 0 Å². The van der Waals surface area contributed by atoms with Crippen molar-refractivity contribution in [1.82, 2.24) is 9.88 Å². The molecule has 1 saturated heterocycles. The molecule has 30 heavy (non-hydrogen) atoms. The Hall–Kier alpha value is -2.69. The summed E-state index contributed by atoms with van der Waals surface area (Å²) in [6.07, 6.45) is 1.14. The third kappa shape index (κ3) is 4.25. The molecule has 2 aromatic carbocycles. The number of fused-ring (bicyclic) bond motifs is 1. The molecular formula is C19H17ClN4O4S2. The van der Waals surface area contributed by atoms with Crippen LogP contribution in [0.3, 0.4) is 0 Å².